The first kappa shape index (κ1) is 11.8. The summed E-state index contributed by atoms with van der Waals surface area (Å²) in [5, 5.41) is 0. The molecule has 2 fully saturated rings. The lowest BCUT2D eigenvalue weighted by molar-refractivity contribution is 0.795. The molecule has 1 aromatic heterocycles. The van der Waals surface area contributed by atoms with Gasteiger partial charge in [0.25, 0.3) is 0 Å². The maximum absolute atomic E-state index is 5.81. The Balaban J connectivity index is 1.84. The van der Waals surface area contributed by atoms with Crippen molar-refractivity contribution >= 4 is 29.6 Å². The molecule has 3 rings (SSSR count). The van der Waals surface area contributed by atoms with Gasteiger partial charge in [-0.3, -0.25) is 0 Å². The van der Waals surface area contributed by atoms with Crippen LogP contribution in [0.15, 0.2) is 0 Å². The van der Waals surface area contributed by atoms with Gasteiger partial charge in [-0.1, -0.05) is 0 Å². The van der Waals surface area contributed by atoms with E-state index in [9.17, 15) is 0 Å². The standard InChI is InChI=1S/C11H18N6S/c12-9-13-10(16-3-1-2-4-16)15-11(14-9)17-5-7-18-8-6-17/h1-8H2,(H2,12,13,14,15). The molecule has 3 heterocycles. The molecule has 18 heavy (non-hydrogen) atoms. The molecule has 2 saturated heterocycles. The van der Waals surface area contributed by atoms with E-state index in [1.54, 1.807) is 0 Å². The van der Waals surface area contributed by atoms with E-state index in [1.807, 2.05) is 11.8 Å². The van der Waals surface area contributed by atoms with Gasteiger partial charge in [0, 0.05) is 37.7 Å². The second kappa shape index (κ2) is 5.17. The molecule has 2 N–H and O–H groups in total. The molecule has 0 bridgehead atoms. The van der Waals surface area contributed by atoms with E-state index >= 15 is 0 Å². The van der Waals surface area contributed by atoms with Crippen molar-refractivity contribution in [3.8, 4) is 0 Å². The molecule has 0 radical (unpaired) electrons. The molecule has 0 saturated carbocycles. The number of thioether (sulfide) groups is 1. The van der Waals surface area contributed by atoms with E-state index in [0.29, 0.717) is 5.95 Å². The summed E-state index contributed by atoms with van der Waals surface area (Å²) in [6, 6.07) is 0. The van der Waals surface area contributed by atoms with Crippen molar-refractivity contribution in [2.75, 3.05) is 53.2 Å². The van der Waals surface area contributed by atoms with E-state index < -0.39 is 0 Å². The molecule has 0 amide bonds. The Morgan fingerprint density at radius 1 is 0.833 bits per heavy atom. The lowest BCUT2D eigenvalue weighted by Crippen LogP contribution is -2.34. The number of aromatic nitrogens is 3. The zero-order valence-corrected chi connectivity index (χ0v) is 11.2. The first-order valence-corrected chi connectivity index (χ1v) is 7.57. The van der Waals surface area contributed by atoms with Crippen LogP contribution in [0.1, 0.15) is 12.8 Å². The minimum atomic E-state index is 0.333. The van der Waals surface area contributed by atoms with Crippen molar-refractivity contribution in [2.45, 2.75) is 12.8 Å². The van der Waals surface area contributed by atoms with Crippen LogP contribution in [0.5, 0.6) is 0 Å². The smallest absolute Gasteiger partial charge is 0.232 e. The fraction of sp³-hybridized carbons (Fsp3) is 0.727. The van der Waals surface area contributed by atoms with Gasteiger partial charge in [-0.05, 0) is 12.8 Å². The molecule has 0 atom stereocenters. The molecule has 0 aliphatic carbocycles. The van der Waals surface area contributed by atoms with Crippen LogP contribution >= 0.6 is 11.8 Å². The zero-order chi connectivity index (χ0) is 12.4. The van der Waals surface area contributed by atoms with Gasteiger partial charge in [0.15, 0.2) is 0 Å². The van der Waals surface area contributed by atoms with Gasteiger partial charge in [0.05, 0.1) is 0 Å². The molecule has 2 aliphatic rings. The average Bonchev–Trinajstić information content (AvgIpc) is 2.93. The number of nitrogen functional groups attached to an aromatic ring is 1. The number of rotatable bonds is 2. The third-order valence-corrected chi connectivity index (χ3v) is 4.25. The van der Waals surface area contributed by atoms with E-state index in [0.717, 1.165) is 49.6 Å². The van der Waals surface area contributed by atoms with Gasteiger partial charge >= 0.3 is 0 Å². The fourth-order valence-electron chi connectivity index (χ4n) is 2.33. The lowest BCUT2D eigenvalue weighted by Gasteiger charge is -2.27. The number of anilines is 3. The molecular weight excluding hydrogens is 248 g/mol. The van der Waals surface area contributed by atoms with Gasteiger partial charge in [-0.15, -0.1) is 0 Å². The Kier molecular flexibility index (Phi) is 3.40. The summed E-state index contributed by atoms with van der Waals surface area (Å²) in [5.74, 6) is 4.08. The van der Waals surface area contributed by atoms with Crippen LogP contribution in [-0.2, 0) is 0 Å². The first-order chi connectivity index (χ1) is 8.83. The summed E-state index contributed by atoms with van der Waals surface area (Å²) in [4.78, 5) is 17.5. The van der Waals surface area contributed by atoms with Gasteiger partial charge < -0.3 is 15.5 Å². The minimum Gasteiger partial charge on any atom is -0.368 e. The number of nitrogens with zero attached hydrogens (tertiary/aromatic N) is 5. The van der Waals surface area contributed by atoms with E-state index in [-0.39, 0.29) is 0 Å². The lowest BCUT2D eigenvalue weighted by atomic mass is 10.4. The Morgan fingerprint density at radius 3 is 2.00 bits per heavy atom. The third-order valence-electron chi connectivity index (χ3n) is 3.31. The molecule has 2 aliphatic heterocycles. The van der Waals surface area contributed by atoms with Gasteiger partial charge in [0.1, 0.15) is 0 Å². The fourth-order valence-corrected chi connectivity index (χ4v) is 3.24. The van der Waals surface area contributed by atoms with Crippen molar-refractivity contribution in [3.05, 3.63) is 0 Å². The number of nitrogens with two attached hydrogens (primary N) is 1. The largest absolute Gasteiger partial charge is 0.368 e. The summed E-state index contributed by atoms with van der Waals surface area (Å²) < 4.78 is 0. The van der Waals surface area contributed by atoms with E-state index in [2.05, 4.69) is 24.8 Å². The molecule has 7 heteroatoms. The molecule has 0 unspecified atom stereocenters. The molecule has 98 valence electrons. The highest BCUT2D eigenvalue weighted by Crippen LogP contribution is 2.21. The highest BCUT2D eigenvalue weighted by molar-refractivity contribution is 7.99. The van der Waals surface area contributed by atoms with Crippen molar-refractivity contribution in [1.29, 1.82) is 0 Å². The van der Waals surface area contributed by atoms with Gasteiger partial charge in [-0.2, -0.15) is 26.7 Å². The summed E-state index contributed by atoms with van der Waals surface area (Å²) in [6.07, 6.45) is 2.42. The topological polar surface area (TPSA) is 71.2 Å². The molecule has 0 aromatic carbocycles. The highest BCUT2D eigenvalue weighted by Gasteiger charge is 2.20. The maximum Gasteiger partial charge on any atom is 0.232 e. The molecule has 0 spiro atoms. The predicted molar refractivity (Wildman–Crippen MR) is 75.2 cm³/mol. The van der Waals surface area contributed by atoms with Crippen LogP contribution in [0.4, 0.5) is 17.8 Å². The molecule has 6 nitrogen and oxygen atoms in total. The quantitative estimate of drug-likeness (QED) is 0.840. The summed E-state index contributed by atoms with van der Waals surface area (Å²) in [6.45, 7) is 4.04. The van der Waals surface area contributed by atoms with Gasteiger partial charge in [0.2, 0.25) is 17.8 Å². The van der Waals surface area contributed by atoms with E-state index in [1.165, 1.54) is 12.8 Å². The summed E-state index contributed by atoms with van der Waals surface area (Å²) in [5.41, 5.74) is 5.81. The second-order valence-corrected chi connectivity index (χ2v) is 5.81. The van der Waals surface area contributed by atoms with Crippen LogP contribution in [0.25, 0.3) is 0 Å². The molecule has 1 aromatic rings. The Labute approximate surface area is 111 Å². The Morgan fingerprint density at radius 2 is 1.39 bits per heavy atom. The predicted octanol–water partition coefficient (Wildman–Crippen LogP) is 0.607. The first-order valence-electron chi connectivity index (χ1n) is 6.42. The van der Waals surface area contributed by atoms with Crippen LogP contribution < -0.4 is 15.5 Å². The maximum atomic E-state index is 5.81. The SMILES string of the molecule is Nc1nc(N2CCCC2)nc(N2CCSCC2)n1. The molecular formula is C11H18N6S. The second-order valence-electron chi connectivity index (χ2n) is 4.59. The summed E-state index contributed by atoms with van der Waals surface area (Å²) in [7, 11) is 0. The summed E-state index contributed by atoms with van der Waals surface area (Å²) >= 11 is 1.97. The normalized spacial score (nSPS) is 20.4. The van der Waals surface area contributed by atoms with Crippen molar-refractivity contribution in [3.63, 3.8) is 0 Å². The van der Waals surface area contributed by atoms with Crippen molar-refractivity contribution < 1.29 is 0 Å². The number of hydrogen-bond donors (Lipinski definition) is 1. The van der Waals surface area contributed by atoms with Crippen molar-refractivity contribution in [1.82, 2.24) is 15.0 Å². The van der Waals surface area contributed by atoms with Crippen LogP contribution in [0.3, 0.4) is 0 Å². The number of hydrogen-bond acceptors (Lipinski definition) is 7. The third kappa shape index (κ3) is 2.45. The van der Waals surface area contributed by atoms with Crippen LogP contribution in [0, 0.1) is 0 Å². The highest BCUT2D eigenvalue weighted by atomic mass is 32.2. The zero-order valence-electron chi connectivity index (χ0n) is 10.4. The van der Waals surface area contributed by atoms with Gasteiger partial charge in [-0.25, -0.2) is 0 Å². The Hall–Kier alpha value is -1.24. The monoisotopic (exact) mass is 266 g/mol. The Bertz CT molecular complexity index is 414. The minimum absolute atomic E-state index is 0.333. The van der Waals surface area contributed by atoms with E-state index in [4.69, 9.17) is 5.73 Å². The van der Waals surface area contributed by atoms with Crippen LogP contribution in [0.2, 0.25) is 0 Å². The average molecular weight is 266 g/mol. The van der Waals surface area contributed by atoms with Crippen molar-refractivity contribution in [2.24, 2.45) is 0 Å². The van der Waals surface area contributed by atoms with Crippen LogP contribution in [-0.4, -0.2) is 52.6 Å².